The second-order valence-corrected chi connectivity index (χ2v) is 6.07. The lowest BCUT2D eigenvalue weighted by atomic mass is 9.88. The molecule has 1 aliphatic heterocycles. The Morgan fingerprint density at radius 3 is 2.65 bits per heavy atom. The highest BCUT2D eigenvalue weighted by Gasteiger charge is 2.25. The average Bonchev–Trinajstić information content (AvgIpc) is 2.93. The number of ether oxygens (including phenoxy) is 1. The van der Waals surface area contributed by atoms with Crippen molar-refractivity contribution in [3.8, 4) is 0 Å². The summed E-state index contributed by atoms with van der Waals surface area (Å²) >= 11 is 5.92. The van der Waals surface area contributed by atoms with Crippen LogP contribution >= 0.6 is 11.6 Å². The van der Waals surface area contributed by atoms with Crippen LogP contribution in [0.15, 0.2) is 24.3 Å². The van der Waals surface area contributed by atoms with Crippen LogP contribution in [-0.4, -0.2) is 31.6 Å². The summed E-state index contributed by atoms with van der Waals surface area (Å²) < 4.78 is 5.35. The number of ketones is 1. The summed E-state index contributed by atoms with van der Waals surface area (Å²) in [6, 6.07) is 7.94. The van der Waals surface area contributed by atoms with Gasteiger partial charge in [0.15, 0.2) is 0 Å². The van der Waals surface area contributed by atoms with E-state index in [0.717, 1.165) is 25.2 Å². The van der Waals surface area contributed by atoms with Crippen LogP contribution in [0, 0.1) is 5.92 Å². The number of hydrogen-bond acceptors (Lipinski definition) is 3. The summed E-state index contributed by atoms with van der Waals surface area (Å²) in [5.74, 6) is 0.170. The average molecular weight is 296 g/mol. The standard InChI is InChI=1S/C16H22ClNO2/c1-11(2)16(19)15(9-18-14-7-8-20-10-14)12-3-5-13(17)6-4-12/h3-6,11,14-15,18H,7-10H2,1-2H3/t14-,15+/m0/s1. The molecule has 0 amide bonds. The maximum Gasteiger partial charge on any atom is 0.144 e. The van der Waals surface area contributed by atoms with Crippen molar-refractivity contribution in [1.82, 2.24) is 5.32 Å². The SMILES string of the molecule is CC(C)C(=O)[C@H](CN[C@H]1CCOC1)c1ccc(Cl)cc1. The number of Topliss-reactive ketones (excluding diaryl/α,β-unsaturated/α-hetero) is 1. The molecule has 0 bridgehead atoms. The minimum atomic E-state index is -0.118. The molecule has 4 heteroatoms. The fourth-order valence-electron chi connectivity index (χ4n) is 2.46. The lowest BCUT2D eigenvalue weighted by molar-refractivity contribution is -0.123. The first-order valence-electron chi connectivity index (χ1n) is 7.18. The van der Waals surface area contributed by atoms with Crippen LogP contribution in [0.5, 0.6) is 0 Å². The molecule has 110 valence electrons. The summed E-state index contributed by atoms with van der Waals surface area (Å²) in [6.45, 7) is 6.10. The third-order valence-electron chi connectivity index (χ3n) is 3.73. The van der Waals surface area contributed by atoms with E-state index in [1.807, 2.05) is 38.1 Å². The minimum Gasteiger partial charge on any atom is -0.380 e. The third-order valence-corrected chi connectivity index (χ3v) is 3.98. The molecule has 0 spiro atoms. The first-order chi connectivity index (χ1) is 9.58. The van der Waals surface area contributed by atoms with Gasteiger partial charge >= 0.3 is 0 Å². The quantitative estimate of drug-likeness (QED) is 0.877. The molecule has 1 N–H and O–H groups in total. The zero-order chi connectivity index (χ0) is 14.5. The number of benzene rings is 1. The van der Waals surface area contributed by atoms with E-state index >= 15 is 0 Å². The molecule has 0 aliphatic carbocycles. The molecule has 2 atom stereocenters. The van der Waals surface area contributed by atoms with Crippen LogP contribution in [0.1, 0.15) is 31.7 Å². The van der Waals surface area contributed by atoms with Crippen molar-refractivity contribution in [1.29, 1.82) is 0 Å². The van der Waals surface area contributed by atoms with Crippen molar-refractivity contribution in [3.05, 3.63) is 34.9 Å². The summed E-state index contributed by atoms with van der Waals surface area (Å²) in [6.07, 6.45) is 1.02. The fraction of sp³-hybridized carbons (Fsp3) is 0.562. The van der Waals surface area contributed by atoms with Crippen molar-refractivity contribution in [2.75, 3.05) is 19.8 Å². The van der Waals surface area contributed by atoms with E-state index in [1.54, 1.807) is 0 Å². The minimum absolute atomic E-state index is 0.0253. The molecule has 3 nitrogen and oxygen atoms in total. The second kappa shape index (κ2) is 7.21. The van der Waals surface area contributed by atoms with Crippen molar-refractivity contribution in [2.24, 2.45) is 5.92 Å². The molecular formula is C16H22ClNO2. The number of nitrogens with one attached hydrogen (secondary N) is 1. The Kier molecular flexibility index (Phi) is 5.58. The maximum absolute atomic E-state index is 12.4. The highest BCUT2D eigenvalue weighted by molar-refractivity contribution is 6.30. The highest BCUT2D eigenvalue weighted by Crippen LogP contribution is 2.22. The lowest BCUT2D eigenvalue weighted by Crippen LogP contribution is -2.36. The van der Waals surface area contributed by atoms with Crippen LogP contribution < -0.4 is 5.32 Å². The zero-order valence-electron chi connectivity index (χ0n) is 12.1. The number of halogens is 1. The van der Waals surface area contributed by atoms with Crippen LogP contribution in [0.25, 0.3) is 0 Å². The molecule has 1 saturated heterocycles. The van der Waals surface area contributed by atoms with Gasteiger partial charge in [-0.15, -0.1) is 0 Å². The molecule has 1 aromatic rings. The van der Waals surface area contributed by atoms with Crippen LogP contribution in [0.2, 0.25) is 5.02 Å². The smallest absolute Gasteiger partial charge is 0.144 e. The lowest BCUT2D eigenvalue weighted by Gasteiger charge is -2.21. The monoisotopic (exact) mass is 295 g/mol. The molecule has 2 rings (SSSR count). The van der Waals surface area contributed by atoms with E-state index in [2.05, 4.69) is 5.32 Å². The Balaban J connectivity index is 2.07. The molecule has 0 aromatic heterocycles. The van der Waals surface area contributed by atoms with E-state index in [0.29, 0.717) is 17.6 Å². The molecule has 1 aliphatic rings. The number of rotatable bonds is 6. The van der Waals surface area contributed by atoms with Gasteiger partial charge in [-0.25, -0.2) is 0 Å². The van der Waals surface area contributed by atoms with Gasteiger partial charge in [-0.2, -0.15) is 0 Å². The van der Waals surface area contributed by atoms with Gasteiger partial charge in [0.05, 0.1) is 12.5 Å². The van der Waals surface area contributed by atoms with Gasteiger partial charge in [0.2, 0.25) is 0 Å². The normalized spacial score (nSPS) is 20.3. The fourth-order valence-corrected chi connectivity index (χ4v) is 2.59. The van der Waals surface area contributed by atoms with Gasteiger partial charge in [0, 0.05) is 30.1 Å². The van der Waals surface area contributed by atoms with Crippen LogP contribution in [0.4, 0.5) is 0 Å². The summed E-state index contributed by atoms with van der Waals surface area (Å²) in [5.41, 5.74) is 1.03. The Hall–Kier alpha value is -0.900. The second-order valence-electron chi connectivity index (χ2n) is 5.63. The van der Waals surface area contributed by atoms with Gasteiger partial charge in [-0.3, -0.25) is 4.79 Å². The Labute approximate surface area is 125 Å². The van der Waals surface area contributed by atoms with Gasteiger partial charge in [-0.05, 0) is 24.1 Å². The zero-order valence-corrected chi connectivity index (χ0v) is 12.8. The number of carbonyl (C=O) groups excluding carboxylic acids is 1. The van der Waals surface area contributed by atoms with Crippen molar-refractivity contribution in [3.63, 3.8) is 0 Å². The van der Waals surface area contributed by atoms with Gasteiger partial charge < -0.3 is 10.1 Å². The third kappa shape index (κ3) is 4.05. The Morgan fingerprint density at radius 2 is 2.10 bits per heavy atom. The van der Waals surface area contributed by atoms with Gasteiger partial charge in [0.1, 0.15) is 5.78 Å². The maximum atomic E-state index is 12.4. The molecule has 1 aromatic carbocycles. The van der Waals surface area contributed by atoms with Crippen LogP contribution in [-0.2, 0) is 9.53 Å². The van der Waals surface area contributed by atoms with Crippen molar-refractivity contribution < 1.29 is 9.53 Å². The Morgan fingerprint density at radius 1 is 1.40 bits per heavy atom. The van der Waals surface area contributed by atoms with E-state index in [-0.39, 0.29) is 17.6 Å². The van der Waals surface area contributed by atoms with Crippen LogP contribution in [0.3, 0.4) is 0 Å². The topological polar surface area (TPSA) is 38.3 Å². The summed E-state index contributed by atoms with van der Waals surface area (Å²) in [5, 5.41) is 4.15. The predicted molar refractivity (Wildman–Crippen MR) is 81.3 cm³/mol. The predicted octanol–water partition coefficient (Wildman–Crippen LogP) is 3.03. The molecular weight excluding hydrogens is 274 g/mol. The molecule has 0 unspecified atom stereocenters. The number of carbonyl (C=O) groups is 1. The first-order valence-corrected chi connectivity index (χ1v) is 7.56. The highest BCUT2D eigenvalue weighted by atomic mass is 35.5. The van der Waals surface area contributed by atoms with E-state index in [9.17, 15) is 4.79 Å². The Bertz CT molecular complexity index is 438. The summed E-state index contributed by atoms with van der Waals surface area (Å²) in [4.78, 5) is 12.4. The summed E-state index contributed by atoms with van der Waals surface area (Å²) in [7, 11) is 0. The van der Waals surface area contributed by atoms with Gasteiger partial charge in [-0.1, -0.05) is 37.6 Å². The van der Waals surface area contributed by atoms with Crippen molar-refractivity contribution in [2.45, 2.75) is 32.2 Å². The first kappa shape index (κ1) is 15.5. The van der Waals surface area contributed by atoms with Gasteiger partial charge in [0.25, 0.3) is 0 Å². The van der Waals surface area contributed by atoms with Crippen molar-refractivity contribution >= 4 is 17.4 Å². The molecule has 1 fully saturated rings. The van der Waals surface area contributed by atoms with E-state index in [1.165, 1.54) is 0 Å². The number of hydrogen-bond donors (Lipinski definition) is 1. The molecule has 0 radical (unpaired) electrons. The molecule has 1 heterocycles. The van der Waals surface area contributed by atoms with E-state index < -0.39 is 0 Å². The molecule has 20 heavy (non-hydrogen) atoms. The van der Waals surface area contributed by atoms with E-state index in [4.69, 9.17) is 16.3 Å². The largest absolute Gasteiger partial charge is 0.380 e. The molecule has 0 saturated carbocycles.